The first kappa shape index (κ1) is 29.7. The van der Waals surface area contributed by atoms with Crippen molar-refractivity contribution in [2.75, 3.05) is 26.2 Å². The van der Waals surface area contributed by atoms with Crippen LogP contribution in [0, 0.1) is 0 Å². The van der Waals surface area contributed by atoms with Crippen LogP contribution in [0.4, 0.5) is 0 Å². The van der Waals surface area contributed by atoms with Crippen molar-refractivity contribution in [1.29, 1.82) is 0 Å². The quantitative estimate of drug-likeness (QED) is 0.449. The smallest absolute Gasteiger partial charge is 1.00 e. The molecule has 0 amide bonds. The van der Waals surface area contributed by atoms with E-state index < -0.39 is 0 Å². The van der Waals surface area contributed by atoms with Gasteiger partial charge in [-0.05, 0) is 0 Å². The van der Waals surface area contributed by atoms with Crippen LogP contribution in [0.3, 0.4) is 0 Å². The summed E-state index contributed by atoms with van der Waals surface area (Å²) in [7, 11) is 0. The maximum Gasteiger partial charge on any atom is 2.00 e. The van der Waals surface area contributed by atoms with Crippen molar-refractivity contribution < 1.29 is 41.9 Å². The molecule has 0 spiro atoms. The van der Waals surface area contributed by atoms with Gasteiger partial charge in [0.1, 0.15) is 0 Å². The summed E-state index contributed by atoms with van der Waals surface area (Å²) < 4.78 is 0. The Labute approximate surface area is 91.1 Å². The molecule has 0 aliphatic rings. The SMILES string of the molecule is [Cl-].[Cl-].[Cu+2].[NH-]CC[NH-].[NH-]CC[NH-]. The first-order valence-corrected chi connectivity index (χ1v) is 2.41. The summed E-state index contributed by atoms with van der Waals surface area (Å²) >= 11 is 0. The Morgan fingerprint density at radius 2 is 0.636 bits per heavy atom. The van der Waals surface area contributed by atoms with Crippen LogP contribution in [-0.4, -0.2) is 26.2 Å². The van der Waals surface area contributed by atoms with Gasteiger partial charge in [-0.2, -0.15) is 26.2 Å². The summed E-state index contributed by atoms with van der Waals surface area (Å²) in [6.07, 6.45) is 0. The van der Waals surface area contributed by atoms with Crippen LogP contribution in [0.5, 0.6) is 0 Å². The maximum atomic E-state index is 6.26. The number of halogens is 2. The van der Waals surface area contributed by atoms with Gasteiger partial charge in [-0.25, -0.2) is 0 Å². The molecular weight excluding hydrogens is 239 g/mol. The molecule has 4 nitrogen and oxygen atoms in total. The summed E-state index contributed by atoms with van der Waals surface area (Å²) in [4.78, 5) is 0. The molecule has 0 aliphatic heterocycles. The van der Waals surface area contributed by atoms with E-state index in [1.807, 2.05) is 0 Å². The van der Waals surface area contributed by atoms with Gasteiger partial charge in [0.05, 0.1) is 0 Å². The van der Waals surface area contributed by atoms with Crippen LogP contribution in [0.1, 0.15) is 0 Å². The summed E-state index contributed by atoms with van der Waals surface area (Å²) in [5, 5.41) is 0. The van der Waals surface area contributed by atoms with Crippen LogP contribution in [0.15, 0.2) is 0 Å². The molecule has 7 heteroatoms. The molecule has 1 radical (unpaired) electrons. The van der Waals surface area contributed by atoms with Crippen molar-refractivity contribution in [1.82, 2.24) is 0 Å². The monoisotopic (exact) mass is 249 g/mol. The first-order valence-electron chi connectivity index (χ1n) is 2.41. The minimum Gasteiger partial charge on any atom is -1.00 e. The summed E-state index contributed by atoms with van der Waals surface area (Å²) in [5.74, 6) is 0. The van der Waals surface area contributed by atoms with Crippen LogP contribution in [0.2, 0.25) is 0 Å². The first-order chi connectivity index (χ1) is 3.83. The van der Waals surface area contributed by atoms with E-state index in [2.05, 4.69) is 0 Å². The van der Waals surface area contributed by atoms with E-state index in [1.54, 1.807) is 0 Å². The van der Waals surface area contributed by atoms with Gasteiger partial charge in [0, 0.05) is 0 Å². The Bertz CT molecular complexity index is 28.1. The molecule has 0 aliphatic carbocycles. The predicted molar refractivity (Wildman–Crippen MR) is 36.8 cm³/mol. The second-order valence-electron chi connectivity index (χ2n) is 1.000. The van der Waals surface area contributed by atoms with Gasteiger partial charge in [-0.1, -0.05) is 0 Å². The zero-order valence-electron chi connectivity index (χ0n) is 5.89. The van der Waals surface area contributed by atoms with Crippen LogP contribution < -0.4 is 24.8 Å². The third kappa shape index (κ3) is 101. The van der Waals surface area contributed by atoms with E-state index in [0.717, 1.165) is 0 Å². The van der Waals surface area contributed by atoms with Gasteiger partial charge in [-0.15, -0.1) is 0 Å². The fraction of sp³-hybridized carbons (Fsp3) is 1.00. The summed E-state index contributed by atoms with van der Waals surface area (Å²) in [5.41, 5.74) is 25.1. The average molecular weight is 251 g/mol. The molecule has 0 rings (SSSR count). The number of hydrogen-bond donors (Lipinski definition) is 0. The van der Waals surface area contributed by atoms with Crippen molar-refractivity contribution >= 4 is 0 Å². The zero-order valence-corrected chi connectivity index (χ0v) is 8.34. The second kappa shape index (κ2) is 44.3. The Kier molecular flexibility index (Phi) is 119. The van der Waals surface area contributed by atoms with Gasteiger partial charge < -0.3 is 47.7 Å². The molecule has 0 aromatic carbocycles. The largest absolute Gasteiger partial charge is 2.00 e. The molecule has 0 saturated carbocycles. The number of rotatable bonds is 2. The van der Waals surface area contributed by atoms with Gasteiger partial charge >= 0.3 is 17.1 Å². The zero-order chi connectivity index (χ0) is 6.83. The Morgan fingerprint density at radius 3 is 0.636 bits per heavy atom. The van der Waals surface area contributed by atoms with Crippen LogP contribution in [-0.2, 0) is 17.1 Å². The topological polar surface area (TPSA) is 95.2 Å². The predicted octanol–water partition coefficient (Wildman–Crippen LogP) is -3.81. The molecule has 0 bridgehead atoms. The van der Waals surface area contributed by atoms with Crippen LogP contribution >= 0.6 is 0 Å². The molecule has 0 aromatic rings. The van der Waals surface area contributed by atoms with E-state index in [0.29, 0.717) is 0 Å². The van der Waals surface area contributed by atoms with Gasteiger partial charge in [0.2, 0.25) is 0 Å². The Morgan fingerprint density at radius 1 is 0.545 bits per heavy atom. The van der Waals surface area contributed by atoms with Gasteiger partial charge in [-0.3, -0.25) is 0 Å². The standard InChI is InChI=1S/2C2H6N2.2ClH.Cu/c2*3-1-2-4;;;/h2*3-4H,1-2H2;2*1H;/q2*-2;;;+2/p-2. The molecule has 0 heterocycles. The van der Waals surface area contributed by atoms with Crippen molar-refractivity contribution in [3.63, 3.8) is 0 Å². The van der Waals surface area contributed by atoms with Crippen LogP contribution in [0.25, 0.3) is 22.9 Å². The van der Waals surface area contributed by atoms with Crippen molar-refractivity contribution in [3.8, 4) is 0 Å². The number of hydrogen-bond acceptors (Lipinski definition) is 0. The molecule has 0 saturated heterocycles. The van der Waals surface area contributed by atoms with E-state index in [-0.39, 0.29) is 68.1 Å². The van der Waals surface area contributed by atoms with Crippen molar-refractivity contribution in [2.45, 2.75) is 0 Å². The van der Waals surface area contributed by atoms with E-state index in [1.165, 1.54) is 0 Å². The molecule has 0 fully saturated rings. The van der Waals surface area contributed by atoms with E-state index >= 15 is 0 Å². The summed E-state index contributed by atoms with van der Waals surface area (Å²) in [6, 6.07) is 0. The van der Waals surface area contributed by atoms with Crippen molar-refractivity contribution in [3.05, 3.63) is 22.9 Å². The second-order valence-corrected chi connectivity index (χ2v) is 1.000. The normalized spacial score (nSPS) is 5.45. The maximum absolute atomic E-state index is 6.26. The Balaban J connectivity index is -0.0000000171. The molecule has 77 valence electrons. The third-order valence-electron chi connectivity index (χ3n) is 0.250. The van der Waals surface area contributed by atoms with Crippen molar-refractivity contribution in [2.24, 2.45) is 0 Å². The van der Waals surface area contributed by atoms with E-state index in [4.69, 9.17) is 22.9 Å². The molecule has 4 N–H and O–H groups in total. The van der Waals surface area contributed by atoms with Gasteiger partial charge in [0.25, 0.3) is 0 Å². The molecule has 0 aromatic heterocycles. The average Bonchev–Trinajstić information content (AvgIpc) is 1.88. The molecular formula is C4H12Cl2CuN4-4. The summed E-state index contributed by atoms with van der Waals surface area (Å²) in [6.45, 7) is 0.944. The minimum atomic E-state index is 0. The minimum absolute atomic E-state index is 0. The molecule has 11 heavy (non-hydrogen) atoms. The number of nitrogens with one attached hydrogen (secondary N) is 4. The van der Waals surface area contributed by atoms with E-state index in [9.17, 15) is 0 Å². The van der Waals surface area contributed by atoms with Gasteiger partial charge in [0.15, 0.2) is 0 Å². The molecule has 0 atom stereocenters. The Hall–Kier alpha value is 0.939. The fourth-order valence-corrected chi connectivity index (χ4v) is 0. The fourth-order valence-electron chi connectivity index (χ4n) is 0. The molecule has 0 unspecified atom stereocenters. The third-order valence-corrected chi connectivity index (χ3v) is 0.250.